The molecule has 0 aliphatic heterocycles. The van der Waals surface area contributed by atoms with E-state index in [1.165, 1.54) is 0 Å². The summed E-state index contributed by atoms with van der Waals surface area (Å²) in [6.07, 6.45) is 0.283. The van der Waals surface area contributed by atoms with Crippen LogP contribution in [-0.2, 0) is 52.4 Å². The van der Waals surface area contributed by atoms with Crippen molar-refractivity contribution in [3.05, 3.63) is 0 Å². The van der Waals surface area contributed by atoms with Gasteiger partial charge in [0.05, 0.1) is 59.5 Å². The molecule has 5 N–H and O–H groups in total. The van der Waals surface area contributed by atoms with Gasteiger partial charge in [0, 0.05) is 38.0 Å². The van der Waals surface area contributed by atoms with E-state index in [9.17, 15) is 24.0 Å². The Bertz CT molecular complexity index is 829. The lowest BCUT2D eigenvalue weighted by atomic mass is 10.1. The van der Waals surface area contributed by atoms with Crippen molar-refractivity contribution >= 4 is 29.5 Å². The van der Waals surface area contributed by atoms with Gasteiger partial charge in [-0.05, 0) is 6.42 Å². The van der Waals surface area contributed by atoms with Crippen molar-refractivity contribution < 1.29 is 57.5 Å². The summed E-state index contributed by atoms with van der Waals surface area (Å²) in [5.74, 6) is -1.83. The molecule has 1 atom stereocenters. The van der Waals surface area contributed by atoms with Crippen LogP contribution < -0.4 is 21.3 Å². The highest BCUT2D eigenvalue weighted by Gasteiger charge is 2.19. The van der Waals surface area contributed by atoms with Gasteiger partial charge in [-0.2, -0.15) is 0 Å². The summed E-state index contributed by atoms with van der Waals surface area (Å²) in [6, 6.07) is -0.771. The molecule has 16 heteroatoms. The third-order valence-corrected chi connectivity index (χ3v) is 5.67. The number of carboxylic acids is 1. The average molecular weight is 651 g/mol. The van der Waals surface area contributed by atoms with Gasteiger partial charge in [0.25, 0.3) is 0 Å². The molecule has 0 spiro atoms. The third-order valence-electron chi connectivity index (χ3n) is 5.67. The van der Waals surface area contributed by atoms with Crippen molar-refractivity contribution in [3.63, 3.8) is 0 Å². The molecule has 262 valence electrons. The average Bonchev–Trinajstić information content (AvgIpc) is 2.98. The Kier molecular flexibility index (Phi) is 27.0. The highest BCUT2D eigenvalue weighted by Crippen LogP contribution is 2.00. The van der Waals surface area contributed by atoms with Crippen LogP contribution in [0.3, 0.4) is 0 Å². The van der Waals surface area contributed by atoms with Crippen LogP contribution in [0.25, 0.3) is 0 Å². The van der Waals surface area contributed by atoms with Crippen molar-refractivity contribution in [2.45, 2.75) is 52.6 Å². The Morgan fingerprint density at radius 3 is 1.36 bits per heavy atom. The first-order valence-corrected chi connectivity index (χ1v) is 15.3. The lowest BCUT2D eigenvalue weighted by molar-refractivity contribution is -0.140. The lowest BCUT2D eigenvalue weighted by Gasteiger charge is -2.16. The fourth-order valence-electron chi connectivity index (χ4n) is 3.26. The second-order valence-corrected chi connectivity index (χ2v) is 10.4. The van der Waals surface area contributed by atoms with Gasteiger partial charge in [-0.15, -0.1) is 0 Å². The monoisotopic (exact) mass is 650 g/mol. The van der Waals surface area contributed by atoms with Crippen molar-refractivity contribution in [1.82, 2.24) is 21.3 Å². The zero-order chi connectivity index (χ0) is 33.7. The molecule has 0 unspecified atom stereocenters. The maximum absolute atomic E-state index is 11.9. The fourth-order valence-corrected chi connectivity index (χ4v) is 3.26. The zero-order valence-corrected chi connectivity index (χ0v) is 27.2. The molecule has 3 amide bonds. The van der Waals surface area contributed by atoms with Crippen molar-refractivity contribution in [2.75, 3.05) is 98.9 Å². The van der Waals surface area contributed by atoms with E-state index in [1.807, 2.05) is 27.7 Å². The normalized spacial score (nSPS) is 11.9. The molecule has 0 aromatic heterocycles. The number of carbonyl (C=O) groups is 5. The predicted molar refractivity (Wildman–Crippen MR) is 163 cm³/mol. The quantitative estimate of drug-likeness (QED) is 0.0565. The second kappa shape index (κ2) is 28.7. The maximum Gasteiger partial charge on any atom is 0.320 e. The van der Waals surface area contributed by atoms with Crippen LogP contribution in [-0.4, -0.2) is 146 Å². The number of aliphatic carboxylic acids is 1. The molecular formula is C29H54N4O12. The van der Waals surface area contributed by atoms with E-state index in [-0.39, 0.29) is 114 Å². The Balaban J connectivity index is 3.47. The molecule has 16 nitrogen and oxygen atoms in total. The third kappa shape index (κ3) is 28.5. The highest BCUT2D eigenvalue weighted by atomic mass is 16.5. The first kappa shape index (κ1) is 42.3. The van der Waals surface area contributed by atoms with Crippen LogP contribution in [0.15, 0.2) is 0 Å². The van der Waals surface area contributed by atoms with Crippen LogP contribution in [0.2, 0.25) is 0 Å². The van der Waals surface area contributed by atoms with E-state index in [1.54, 1.807) is 0 Å². The fraction of sp³-hybridized carbons (Fsp3) is 0.828. The van der Waals surface area contributed by atoms with Crippen LogP contribution in [0.1, 0.15) is 40.5 Å². The van der Waals surface area contributed by atoms with Crippen LogP contribution in [0.4, 0.5) is 0 Å². The number of Topliss-reactive ketones (excluding diaryl/α,β-unsaturated/α-hetero) is 1. The number of carbonyl (C=O) groups excluding carboxylic acids is 4. The number of hydrogen-bond donors (Lipinski definition) is 5. The minimum absolute atomic E-state index is 0.00113. The molecule has 45 heavy (non-hydrogen) atoms. The van der Waals surface area contributed by atoms with Gasteiger partial charge in [-0.1, -0.05) is 27.7 Å². The predicted octanol–water partition coefficient (Wildman–Crippen LogP) is -1.11. The molecule has 0 radical (unpaired) electrons. The van der Waals surface area contributed by atoms with Crippen molar-refractivity contribution in [2.24, 2.45) is 5.92 Å². The van der Waals surface area contributed by atoms with Gasteiger partial charge < -0.3 is 54.8 Å². The summed E-state index contributed by atoms with van der Waals surface area (Å²) < 4.78 is 31.7. The molecule has 0 aliphatic rings. The Labute approximate surface area is 265 Å². The summed E-state index contributed by atoms with van der Waals surface area (Å²) >= 11 is 0. The van der Waals surface area contributed by atoms with Crippen LogP contribution in [0, 0.1) is 5.92 Å². The number of hydrogen-bond acceptors (Lipinski definition) is 12. The van der Waals surface area contributed by atoms with Gasteiger partial charge in [0.1, 0.15) is 25.9 Å². The highest BCUT2D eigenvalue weighted by molar-refractivity contribution is 5.81. The minimum atomic E-state index is -0.987. The van der Waals surface area contributed by atoms with E-state index >= 15 is 0 Å². The Morgan fingerprint density at radius 1 is 0.556 bits per heavy atom. The van der Waals surface area contributed by atoms with Crippen LogP contribution >= 0.6 is 0 Å². The van der Waals surface area contributed by atoms with Crippen molar-refractivity contribution in [3.8, 4) is 0 Å². The van der Waals surface area contributed by atoms with E-state index in [4.69, 9.17) is 33.5 Å². The first-order chi connectivity index (χ1) is 21.5. The van der Waals surface area contributed by atoms with E-state index in [0.29, 0.717) is 32.9 Å². The van der Waals surface area contributed by atoms with Gasteiger partial charge >= 0.3 is 5.97 Å². The Morgan fingerprint density at radius 2 is 0.956 bits per heavy atom. The van der Waals surface area contributed by atoms with Gasteiger partial charge in [-0.3, -0.25) is 24.0 Å². The van der Waals surface area contributed by atoms with Gasteiger partial charge in [-0.25, -0.2) is 0 Å². The summed E-state index contributed by atoms with van der Waals surface area (Å²) in [5.41, 5.74) is 0. The molecule has 0 aliphatic carbocycles. The summed E-state index contributed by atoms with van der Waals surface area (Å²) in [7, 11) is 0. The van der Waals surface area contributed by atoms with E-state index in [2.05, 4.69) is 21.3 Å². The smallest absolute Gasteiger partial charge is 0.320 e. The largest absolute Gasteiger partial charge is 0.480 e. The SMILES string of the molecule is CC(C)N[C@@H](CCC(=O)NCCOCCOCC(=O)NCCOCCOCC(=O)NCCOCCOCC(=O)C(C)C)C(=O)O. The zero-order valence-electron chi connectivity index (χ0n) is 27.2. The Hall–Kier alpha value is -2.73. The van der Waals surface area contributed by atoms with E-state index < -0.39 is 12.0 Å². The molecule has 0 rings (SSSR count). The number of amides is 3. The van der Waals surface area contributed by atoms with Crippen LogP contribution in [0.5, 0.6) is 0 Å². The number of ether oxygens (including phenoxy) is 6. The van der Waals surface area contributed by atoms with E-state index in [0.717, 1.165) is 0 Å². The molecular weight excluding hydrogens is 596 g/mol. The molecule has 0 heterocycles. The molecule has 0 saturated carbocycles. The summed E-state index contributed by atoms with van der Waals surface area (Å²) in [6.45, 7) is 10.5. The topological polar surface area (TPSA) is 209 Å². The van der Waals surface area contributed by atoms with Gasteiger partial charge in [0.2, 0.25) is 17.7 Å². The number of ketones is 1. The molecule has 0 aromatic carbocycles. The summed E-state index contributed by atoms with van der Waals surface area (Å²) in [4.78, 5) is 57.9. The lowest BCUT2D eigenvalue weighted by Crippen LogP contribution is -2.41. The number of carboxylic acid groups (broad SMARTS) is 1. The standard InChI is InChI=1S/C29H54N4O12/c1-22(2)25(34)19-43-16-13-41-11-8-31-27(36)21-45-18-15-42-12-9-32-28(37)20-44-17-14-40-10-7-30-26(35)6-5-24(29(38)39)33-23(3)4/h22-24,33H,5-21H2,1-4H3,(H,30,35)(H,31,36)(H,32,37)(H,38,39)/t24-/m0/s1. The first-order valence-electron chi connectivity index (χ1n) is 15.3. The molecule has 0 saturated heterocycles. The molecule has 0 aromatic rings. The van der Waals surface area contributed by atoms with Crippen molar-refractivity contribution in [1.29, 1.82) is 0 Å². The maximum atomic E-state index is 11.9. The molecule has 0 bridgehead atoms. The van der Waals surface area contributed by atoms with Gasteiger partial charge in [0.15, 0.2) is 5.78 Å². The molecule has 0 fully saturated rings. The summed E-state index contributed by atoms with van der Waals surface area (Å²) in [5, 5.41) is 20.0. The number of nitrogens with one attached hydrogen (secondary N) is 4. The second-order valence-electron chi connectivity index (χ2n) is 10.4. The minimum Gasteiger partial charge on any atom is -0.480 e. The number of rotatable bonds is 31.